The highest BCUT2D eigenvalue weighted by atomic mass is 31.2. The van der Waals surface area contributed by atoms with Gasteiger partial charge in [-0.3, -0.25) is 18.6 Å². The summed E-state index contributed by atoms with van der Waals surface area (Å²) in [6.07, 6.45) is 27.1. The van der Waals surface area contributed by atoms with E-state index in [-0.39, 0.29) is 12.8 Å². The summed E-state index contributed by atoms with van der Waals surface area (Å²) in [5.74, 6) is -1.14. The van der Waals surface area contributed by atoms with Crippen LogP contribution in [0.4, 0.5) is 0 Å². The number of phosphoric ester groups is 1. The van der Waals surface area contributed by atoms with Crippen molar-refractivity contribution in [1.82, 2.24) is 0 Å². The number of carbonyl (C=O) groups is 2. The van der Waals surface area contributed by atoms with E-state index >= 15 is 0 Å². The summed E-state index contributed by atoms with van der Waals surface area (Å²) in [6.45, 7) is 3.11. The van der Waals surface area contributed by atoms with Crippen molar-refractivity contribution in [3.63, 3.8) is 0 Å². The zero-order valence-corrected chi connectivity index (χ0v) is 36.0. The molecule has 1 aliphatic carbocycles. The lowest BCUT2D eigenvalue weighted by molar-refractivity contribution is -0.220. The van der Waals surface area contributed by atoms with Crippen LogP contribution < -0.4 is 0 Å². The number of carbonyl (C=O) groups excluding carboxylic acids is 2. The van der Waals surface area contributed by atoms with Crippen LogP contribution in [0.2, 0.25) is 0 Å². The topological polar surface area (TPSA) is 210 Å². The molecule has 0 bridgehead atoms. The average molecular weight is 843 g/mol. The van der Waals surface area contributed by atoms with Gasteiger partial charge in [-0.2, -0.15) is 0 Å². The van der Waals surface area contributed by atoms with Crippen molar-refractivity contribution >= 4 is 19.8 Å². The minimum absolute atomic E-state index is 0.0644. The van der Waals surface area contributed by atoms with Gasteiger partial charge in [-0.05, 0) is 77.0 Å². The molecule has 1 saturated carbocycles. The zero-order chi connectivity index (χ0) is 42.9. The molecule has 13 nitrogen and oxygen atoms in total. The van der Waals surface area contributed by atoms with Crippen molar-refractivity contribution < 1.29 is 63.1 Å². The second-order valence-corrected chi connectivity index (χ2v) is 16.2. The van der Waals surface area contributed by atoms with Crippen molar-refractivity contribution in [1.29, 1.82) is 0 Å². The molecule has 0 spiro atoms. The van der Waals surface area contributed by atoms with E-state index in [0.29, 0.717) is 12.8 Å². The van der Waals surface area contributed by atoms with Gasteiger partial charge in [0.25, 0.3) is 0 Å². The Balaban J connectivity index is 2.52. The van der Waals surface area contributed by atoms with Crippen LogP contribution in [0, 0.1) is 0 Å². The lowest BCUT2D eigenvalue weighted by Crippen LogP contribution is -2.64. The number of unbranched alkanes of at least 4 members (excludes halogenated alkanes) is 12. The molecular weight excluding hydrogens is 767 g/mol. The monoisotopic (exact) mass is 842 g/mol. The number of hydrogen-bond donors (Lipinski definition) is 6. The number of hydrogen-bond acceptors (Lipinski definition) is 12. The predicted octanol–water partition coefficient (Wildman–Crippen LogP) is 7.77. The minimum atomic E-state index is -5.13. The van der Waals surface area contributed by atoms with Gasteiger partial charge in [0.15, 0.2) is 6.10 Å². The van der Waals surface area contributed by atoms with E-state index in [1.54, 1.807) is 0 Å². The Bertz CT molecular complexity index is 1250. The van der Waals surface area contributed by atoms with Crippen LogP contribution in [0.3, 0.4) is 0 Å². The van der Waals surface area contributed by atoms with E-state index in [2.05, 4.69) is 74.6 Å². The molecule has 0 aliphatic heterocycles. The van der Waals surface area contributed by atoms with Crippen LogP contribution in [0.25, 0.3) is 0 Å². The van der Waals surface area contributed by atoms with E-state index in [1.807, 2.05) is 0 Å². The summed E-state index contributed by atoms with van der Waals surface area (Å²) < 4.78 is 33.4. The third-order valence-corrected chi connectivity index (χ3v) is 10.6. The number of ether oxygens (including phenoxy) is 2. The molecule has 0 amide bonds. The summed E-state index contributed by atoms with van der Waals surface area (Å²) in [6, 6.07) is 0. The first kappa shape index (κ1) is 53.6. The lowest BCUT2D eigenvalue weighted by atomic mass is 9.85. The first-order chi connectivity index (χ1) is 27.9. The van der Waals surface area contributed by atoms with Crippen LogP contribution in [0.5, 0.6) is 0 Å². The van der Waals surface area contributed by atoms with Gasteiger partial charge in [-0.25, -0.2) is 4.57 Å². The number of esters is 2. The molecule has 0 aromatic heterocycles. The minimum Gasteiger partial charge on any atom is -0.462 e. The van der Waals surface area contributed by atoms with Gasteiger partial charge in [0.2, 0.25) is 0 Å². The van der Waals surface area contributed by atoms with Crippen LogP contribution >= 0.6 is 7.82 Å². The summed E-state index contributed by atoms with van der Waals surface area (Å²) in [5, 5.41) is 50.0. The number of aliphatic hydroxyl groups excluding tert-OH is 5. The number of allylic oxidation sites excluding steroid dienone is 10. The van der Waals surface area contributed by atoms with Crippen LogP contribution in [-0.2, 0) is 32.7 Å². The summed E-state index contributed by atoms with van der Waals surface area (Å²) >= 11 is 0. The average Bonchev–Trinajstić information content (AvgIpc) is 3.20. The maximum absolute atomic E-state index is 12.8. The Hall–Kier alpha value is -2.45. The molecule has 0 heterocycles. The van der Waals surface area contributed by atoms with Gasteiger partial charge in [0.05, 0.1) is 6.61 Å². The smallest absolute Gasteiger partial charge is 0.462 e. The third-order valence-electron chi connectivity index (χ3n) is 9.59. The van der Waals surface area contributed by atoms with Crippen molar-refractivity contribution in [2.24, 2.45) is 0 Å². The maximum atomic E-state index is 12.8. The van der Waals surface area contributed by atoms with Crippen molar-refractivity contribution in [3.8, 4) is 0 Å². The largest absolute Gasteiger partial charge is 0.472 e. The quantitative estimate of drug-likeness (QED) is 0.0159. The second-order valence-electron chi connectivity index (χ2n) is 14.8. The molecule has 6 N–H and O–H groups in total. The fourth-order valence-corrected chi connectivity index (χ4v) is 7.07. The summed E-state index contributed by atoms with van der Waals surface area (Å²) in [7, 11) is -5.13. The SMILES string of the molecule is CC/C=C\C/C=C\C/C=C\C/C=C\CCCCCCC(=O)OC(COC(=O)CCCCCCC/C=C\CCCCC)COP(=O)(O)OC1C(O)C(O)C(O)C(O)C1O. The van der Waals surface area contributed by atoms with Crippen molar-refractivity contribution in [2.45, 2.75) is 191 Å². The molecule has 0 aromatic rings. The Morgan fingerprint density at radius 1 is 0.552 bits per heavy atom. The van der Waals surface area contributed by atoms with Gasteiger partial charge >= 0.3 is 19.8 Å². The number of aliphatic hydroxyl groups is 5. The summed E-state index contributed by atoms with van der Waals surface area (Å²) in [5.41, 5.74) is 0. The highest BCUT2D eigenvalue weighted by Crippen LogP contribution is 2.47. The molecule has 1 fully saturated rings. The molecule has 58 heavy (non-hydrogen) atoms. The second kappa shape index (κ2) is 34.3. The standard InChI is InChI=1S/C44H75O13P/c1-3-5-7-9-11-13-15-17-18-19-20-21-23-25-27-29-31-33-38(46)56-36(34-54-37(45)32-30-28-26-24-22-16-14-12-10-8-6-4-2)35-55-58(52,53)57-44-42(50)40(48)39(47)41(49)43(44)51/h5,7,11-14,17-18,20-21,36,39-44,47-51H,3-4,6,8-10,15-16,19,22-35H2,1-2H3,(H,52,53)/b7-5-,13-11-,14-12-,18-17-,21-20-. The molecule has 1 aliphatic rings. The molecule has 6 unspecified atom stereocenters. The molecule has 0 saturated heterocycles. The molecular formula is C44H75O13P. The van der Waals surface area contributed by atoms with E-state index in [1.165, 1.54) is 19.3 Å². The zero-order valence-electron chi connectivity index (χ0n) is 35.1. The molecule has 6 atom stereocenters. The molecule has 0 aromatic carbocycles. The first-order valence-corrected chi connectivity index (χ1v) is 23.1. The Kier molecular flexibility index (Phi) is 31.7. The van der Waals surface area contributed by atoms with Gasteiger partial charge in [0.1, 0.15) is 43.2 Å². The summed E-state index contributed by atoms with van der Waals surface area (Å²) in [4.78, 5) is 35.6. The Morgan fingerprint density at radius 3 is 1.52 bits per heavy atom. The first-order valence-electron chi connectivity index (χ1n) is 21.6. The number of phosphoric acid groups is 1. The van der Waals surface area contributed by atoms with Gasteiger partial charge in [-0.1, -0.05) is 120 Å². The molecule has 334 valence electrons. The van der Waals surface area contributed by atoms with Crippen LogP contribution in [0.1, 0.15) is 149 Å². The highest BCUT2D eigenvalue weighted by Gasteiger charge is 2.51. The normalized spacial score (nSPS) is 23.1. The van der Waals surface area contributed by atoms with E-state index in [9.17, 15) is 44.6 Å². The fourth-order valence-electron chi connectivity index (χ4n) is 6.09. The highest BCUT2D eigenvalue weighted by molar-refractivity contribution is 7.47. The third kappa shape index (κ3) is 26.6. The van der Waals surface area contributed by atoms with Gasteiger partial charge in [0, 0.05) is 12.8 Å². The number of rotatable bonds is 34. The Labute approximate surface area is 347 Å². The lowest BCUT2D eigenvalue weighted by Gasteiger charge is -2.41. The maximum Gasteiger partial charge on any atom is 0.472 e. The van der Waals surface area contributed by atoms with Gasteiger partial charge in [-0.15, -0.1) is 0 Å². The predicted molar refractivity (Wildman–Crippen MR) is 226 cm³/mol. The fraction of sp³-hybridized carbons (Fsp3) is 0.727. The van der Waals surface area contributed by atoms with E-state index < -0.39 is 75.7 Å². The van der Waals surface area contributed by atoms with Crippen molar-refractivity contribution in [3.05, 3.63) is 60.8 Å². The van der Waals surface area contributed by atoms with Crippen LogP contribution in [0.15, 0.2) is 60.8 Å². The van der Waals surface area contributed by atoms with Crippen LogP contribution in [-0.4, -0.2) is 98.3 Å². The molecule has 0 radical (unpaired) electrons. The molecule has 1 rings (SSSR count). The molecule has 14 heteroatoms. The van der Waals surface area contributed by atoms with E-state index in [0.717, 1.165) is 89.9 Å². The van der Waals surface area contributed by atoms with Gasteiger partial charge < -0.3 is 39.9 Å². The van der Waals surface area contributed by atoms with E-state index in [4.69, 9.17) is 18.5 Å². The van der Waals surface area contributed by atoms with Crippen molar-refractivity contribution in [2.75, 3.05) is 13.2 Å². The Morgan fingerprint density at radius 2 is 0.983 bits per heavy atom.